The normalized spacial score (nSPS) is 19.4. The van der Waals surface area contributed by atoms with E-state index in [9.17, 15) is 9.59 Å². The first-order valence-electron chi connectivity index (χ1n) is 9.02. The van der Waals surface area contributed by atoms with E-state index in [4.69, 9.17) is 19.6 Å². The van der Waals surface area contributed by atoms with Crippen molar-refractivity contribution in [2.75, 3.05) is 25.4 Å². The summed E-state index contributed by atoms with van der Waals surface area (Å²) in [5.74, 6) is 1.34. The van der Waals surface area contributed by atoms with Crippen molar-refractivity contribution in [2.24, 2.45) is 11.7 Å². The van der Waals surface area contributed by atoms with E-state index >= 15 is 0 Å². The van der Waals surface area contributed by atoms with Gasteiger partial charge in [0.2, 0.25) is 17.9 Å². The summed E-state index contributed by atoms with van der Waals surface area (Å²) in [6.07, 6.45) is 0.730. The molecule has 1 atom stereocenters. The van der Waals surface area contributed by atoms with Gasteiger partial charge in [-0.15, -0.1) is 10.2 Å². The Hall–Kier alpha value is -2.75. The molecule has 28 heavy (non-hydrogen) atoms. The third-order valence-corrected chi connectivity index (χ3v) is 5.58. The maximum absolute atomic E-state index is 12.3. The molecule has 0 aliphatic carbocycles. The Morgan fingerprint density at radius 1 is 1.18 bits per heavy atom. The first-order valence-corrected chi connectivity index (χ1v) is 10.0. The summed E-state index contributed by atoms with van der Waals surface area (Å²) in [6.45, 7) is 1.35. The van der Waals surface area contributed by atoms with E-state index in [-0.39, 0.29) is 30.1 Å². The van der Waals surface area contributed by atoms with E-state index in [0.29, 0.717) is 48.5 Å². The standard InChI is InChI=1S/C18H20N4O5S/c19-16(24)11-5-7-22(8-6-11)15(23)10-28-18-21-20-17(27-18)14-9-25-12-3-1-2-4-13(12)26-14/h1-4,11,14H,5-10H2,(H2,19,24)/t14-/m1/s1. The van der Waals surface area contributed by atoms with Crippen LogP contribution in [0.25, 0.3) is 0 Å². The van der Waals surface area contributed by atoms with E-state index < -0.39 is 6.10 Å². The van der Waals surface area contributed by atoms with Gasteiger partial charge in [-0.05, 0) is 25.0 Å². The van der Waals surface area contributed by atoms with E-state index in [0.717, 1.165) is 0 Å². The molecule has 1 aromatic heterocycles. The number of carbonyl (C=O) groups is 2. The van der Waals surface area contributed by atoms with Gasteiger partial charge in [0.1, 0.15) is 6.61 Å². The minimum Gasteiger partial charge on any atom is -0.485 e. The Kier molecular flexibility index (Phi) is 5.38. The molecule has 0 saturated carbocycles. The van der Waals surface area contributed by atoms with Crippen LogP contribution in [0.5, 0.6) is 11.5 Å². The fraction of sp³-hybridized carbons (Fsp3) is 0.444. The maximum Gasteiger partial charge on any atom is 0.277 e. The third kappa shape index (κ3) is 4.06. The number of fused-ring (bicyclic) bond motifs is 1. The highest BCUT2D eigenvalue weighted by Gasteiger charge is 2.28. The van der Waals surface area contributed by atoms with Gasteiger partial charge >= 0.3 is 0 Å². The lowest BCUT2D eigenvalue weighted by Crippen LogP contribution is -2.42. The summed E-state index contributed by atoms with van der Waals surface area (Å²) in [5, 5.41) is 8.30. The Morgan fingerprint density at radius 2 is 1.93 bits per heavy atom. The number of primary amides is 1. The number of piperidine rings is 1. The molecule has 2 aromatic rings. The number of amides is 2. The number of benzene rings is 1. The van der Waals surface area contributed by atoms with Crippen molar-refractivity contribution in [3.05, 3.63) is 30.2 Å². The Balaban J connectivity index is 1.29. The van der Waals surface area contributed by atoms with Crippen molar-refractivity contribution in [2.45, 2.75) is 24.2 Å². The molecule has 9 nitrogen and oxygen atoms in total. The summed E-state index contributed by atoms with van der Waals surface area (Å²) in [6, 6.07) is 7.38. The van der Waals surface area contributed by atoms with Crippen LogP contribution in [0.1, 0.15) is 24.8 Å². The van der Waals surface area contributed by atoms with Crippen molar-refractivity contribution in [3.8, 4) is 11.5 Å². The molecule has 0 bridgehead atoms. The number of ether oxygens (including phenoxy) is 2. The fourth-order valence-electron chi connectivity index (χ4n) is 3.18. The summed E-state index contributed by atoms with van der Waals surface area (Å²) in [5.41, 5.74) is 5.32. The monoisotopic (exact) mass is 404 g/mol. The lowest BCUT2D eigenvalue weighted by molar-refractivity contribution is -0.132. The maximum atomic E-state index is 12.3. The zero-order valence-electron chi connectivity index (χ0n) is 15.1. The van der Waals surface area contributed by atoms with Crippen molar-refractivity contribution < 1.29 is 23.5 Å². The molecule has 0 spiro atoms. The second-order valence-corrected chi connectivity index (χ2v) is 7.54. The summed E-state index contributed by atoms with van der Waals surface area (Å²) >= 11 is 1.18. The zero-order chi connectivity index (χ0) is 19.5. The Labute approximate surface area is 165 Å². The van der Waals surface area contributed by atoms with Gasteiger partial charge < -0.3 is 24.5 Å². The van der Waals surface area contributed by atoms with Gasteiger partial charge in [-0.3, -0.25) is 9.59 Å². The van der Waals surface area contributed by atoms with Crippen molar-refractivity contribution in [3.63, 3.8) is 0 Å². The number of thioether (sulfide) groups is 1. The van der Waals surface area contributed by atoms with Crippen LogP contribution in [0, 0.1) is 5.92 Å². The van der Waals surface area contributed by atoms with Crippen molar-refractivity contribution in [1.29, 1.82) is 0 Å². The van der Waals surface area contributed by atoms with Crippen molar-refractivity contribution >= 4 is 23.6 Å². The zero-order valence-corrected chi connectivity index (χ0v) is 15.9. The average Bonchev–Trinajstić information content (AvgIpc) is 3.21. The van der Waals surface area contributed by atoms with Crippen LogP contribution in [0.2, 0.25) is 0 Å². The van der Waals surface area contributed by atoms with Crippen LogP contribution in [0.4, 0.5) is 0 Å². The molecule has 10 heteroatoms. The molecule has 2 N–H and O–H groups in total. The highest BCUT2D eigenvalue weighted by molar-refractivity contribution is 7.99. The molecule has 148 valence electrons. The molecule has 2 aliphatic rings. The lowest BCUT2D eigenvalue weighted by atomic mass is 9.96. The highest BCUT2D eigenvalue weighted by Crippen LogP contribution is 2.36. The smallest absolute Gasteiger partial charge is 0.277 e. The van der Waals surface area contributed by atoms with Gasteiger partial charge in [-0.2, -0.15) is 0 Å². The molecule has 1 saturated heterocycles. The third-order valence-electron chi connectivity index (χ3n) is 4.78. The number of nitrogens with two attached hydrogens (primary N) is 1. The minimum absolute atomic E-state index is 0.0288. The predicted octanol–water partition coefficient (Wildman–Crippen LogP) is 1.40. The van der Waals surface area contributed by atoms with Crippen LogP contribution < -0.4 is 15.2 Å². The van der Waals surface area contributed by atoms with Gasteiger partial charge in [-0.1, -0.05) is 23.9 Å². The van der Waals surface area contributed by atoms with Gasteiger partial charge in [0.05, 0.1) is 5.75 Å². The Morgan fingerprint density at radius 3 is 2.68 bits per heavy atom. The molecule has 0 radical (unpaired) electrons. The lowest BCUT2D eigenvalue weighted by Gasteiger charge is -2.30. The fourth-order valence-corrected chi connectivity index (χ4v) is 3.85. The molecular formula is C18H20N4O5S. The van der Waals surface area contributed by atoms with Crippen LogP contribution in [0.3, 0.4) is 0 Å². The number of likely N-dealkylation sites (tertiary alicyclic amines) is 1. The highest BCUT2D eigenvalue weighted by atomic mass is 32.2. The quantitative estimate of drug-likeness (QED) is 0.743. The second-order valence-electron chi connectivity index (χ2n) is 6.62. The largest absolute Gasteiger partial charge is 0.485 e. The van der Waals surface area contributed by atoms with Crippen LogP contribution in [-0.4, -0.2) is 52.4 Å². The predicted molar refractivity (Wildman–Crippen MR) is 98.8 cm³/mol. The van der Waals surface area contributed by atoms with E-state index in [2.05, 4.69) is 10.2 Å². The molecule has 3 heterocycles. The average molecular weight is 404 g/mol. The molecular weight excluding hydrogens is 384 g/mol. The number of hydrogen-bond donors (Lipinski definition) is 1. The van der Waals surface area contributed by atoms with Crippen LogP contribution in [-0.2, 0) is 9.59 Å². The van der Waals surface area contributed by atoms with Gasteiger partial charge in [0.15, 0.2) is 11.5 Å². The number of aromatic nitrogens is 2. The van der Waals surface area contributed by atoms with E-state index in [1.165, 1.54) is 11.8 Å². The van der Waals surface area contributed by atoms with Crippen molar-refractivity contribution in [1.82, 2.24) is 15.1 Å². The first kappa shape index (κ1) is 18.6. The molecule has 2 amide bonds. The summed E-state index contributed by atoms with van der Waals surface area (Å²) in [4.78, 5) is 25.3. The number of para-hydroxylation sites is 2. The topological polar surface area (TPSA) is 121 Å². The van der Waals surface area contributed by atoms with E-state index in [1.54, 1.807) is 4.90 Å². The van der Waals surface area contributed by atoms with Gasteiger partial charge in [0, 0.05) is 19.0 Å². The van der Waals surface area contributed by atoms with Crippen LogP contribution >= 0.6 is 11.8 Å². The number of hydrogen-bond acceptors (Lipinski definition) is 8. The molecule has 2 aliphatic heterocycles. The molecule has 1 fully saturated rings. The first-order chi connectivity index (χ1) is 13.6. The van der Waals surface area contributed by atoms with Gasteiger partial charge in [-0.25, -0.2) is 0 Å². The van der Waals surface area contributed by atoms with Crippen LogP contribution in [0.15, 0.2) is 33.9 Å². The molecule has 0 unspecified atom stereocenters. The van der Waals surface area contributed by atoms with E-state index in [1.807, 2.05) is 24.3 Å². The number of carbonyl (C=O) groups excluding carboxylic acids is 2. The Bertz CT molecular complexity index is 865. The molecule has 1 aromatic carbocycles. The summed E-state index contributed by atoms with van der Waals surface area (Å²) in [7, 11) is 0. The molecule has 4 rings (SSSR count). The number of rotatable bonds is 5. The summed E-state index contributed by atoms with van der Waals surface area (Å²) < 4.78 is 17.1. The number of nitrogens with zero attached hydrogens (tertiary/aromatic N) is 3. The second kappa shape index (κ2) is 8.09. The SMILES string of the molecule is NC(=O)C1CCN(C(=O)CSc2nnc([C@H]3COc4ccccc4O3)o2)CC1. The van der Waals surface area contributed by atoms with Gasteiger partial charge in [0.25, 0.3) is 11.1 Å². The minimum atomic E-state index is -0.486.